The topological polar surface area (TPSA) is 94.8 Å². The molecule has 1 amide bonds. The van der Waals surface area contributed by atoms with Crippen LogP contribution in [-0.2, 0) is 4.79 Å². The number of amides is 1. The van der Waals surface area contributed by atoms with Crippen molar-refractivity contribution in [2.45, 2.75) is 12.1 Å². The van der Waals surface area contributed by atoms with Gasteiger partial charge in [-0.25, -0.2) is 4.98 Å². The number of para-hydroxylation sites is 2. The molecular weight excluding hydrogens is 420 g/mol. The standard InChI is InChI=1S/C20H18N6O2S2/c1-2-28-16-8-4-3-7-15(16)26-18(14-6-5-9-21-12-14)24-25-20(26)30-13-17(27)23-19-22-10-11-29-19/h3-12H,2,13H2,1H3,(H,22,23,27). The highest BCUT2D eigenvalue weighted by Gasteiger charge is 2.20. The van der Waals surface area contributed by atoms with Gasteiger partial charge in [0.15, 0.2) is 16.1 Å². The molecule has 3 aromatic heterocycles. The van der Waals surface area contributed by atoms with Gasteiger partial charge in [-0.2, -0.15) is 0 Å². The molecule has 0 bridgehead atoms. The first-order chi connectivity index (χ1) is 14.8. The number of hydrogen-bond donors (Lipinski definition) is 1. The summed E-state index contributed by atoms with van der Waals surface area (Å²) in [6.07, 6.45) is 5.08. The molecule has 10 heteroatoms. The van der Waals surface area contributed by atoms with E-state index in [9.17, 15) is 4.79 Å². The van der Waals surface area contributed by atoms with Gasteiger partial charge in [-0.3, -0.25) is 14.3 Å². The first-order valence-corrected chi connectivity index (χ1v) is 11.0. The highest BCUT2D eigenvalue weighted by atomic mass is 32.2. The Morgan fingerprint density at radius 1 is 1.20 bits per heavy atom. The number of anilines is 1. The maximum atomic E-state index is 12.3. The summed E-state index contributed by atoms with van der Waals surface area (Å²) in [6, 6.07) is 11.4. The number of nitrogens with one attached hydrogen (secondary N) is 1. The van der Waals surface area contributed by atoms with Crippen molar-refractivity contribution in [1.82, 2.24) is 24.7 Å². The lowest BCUT2D eigenvalue weighted by Crippen LogP contribution is -2.14. The number of thiazole rings is 1. The summed E-state index contributed by atoms with van der Waals surface area (Å²) < 4.78 is 7.71. The molecule has 0 aliphatic carbocycles. The Hall–Kier alpha value is -3.24. The number of nitrogens with zero attached hydrogens (tertiary/aromatic N) is 5. The van der Waals surface area contributed by atoms with E-state index in [4.69, 9.17) is 4.74 Å². The van der Waals surface area contributed by atoms with Crippen molar-refractivity contribution >= 4 is 34.1 Å². The Labute approximate surface area is 181 Å². The summed E-state index contributed by atoms with van der Waals surface area (Å²) in [5, 5.41) is 14.4. The Morgan fingerprint density at radius 2 is 2.10 bits per heavy atom. The van der Waals surface area contributed by atoms with E-state index in [1.807, 2.05) is 53.3 Å². The molecule has 1 N–H and O–H groups in total. The summed E-state index contributed by atoms with van der Waals surface area (Å²) >= 11 is 2.67. The number of benzene rings is 1. The van der Waals surface area contributed by atoms with Gasteiger partial charge in [0.1, 0.15) is 5.75 Å². The van der Waals surface area contributed by atoms with Gasteiger partial charge in [0.2, 0.25) is 5.91 Å². The number of carbonyl (C=O) groups excluding carboxylic acids is 1. The van der Waals surface area contributed by atoms with Crippen LogP contribution in [0.4, 0.5) is 5.13 Å². The molecule has 3 heterocycles. The van der Waals surface area contributed by atoms with Gasteiger partial charge in [-0.15, -0.1) is 21.5 Å². The van der Waals surface area contributed by atoms with E-state index < -0.39 is 0 Å². The number of aromatic nitrogens is 5. The predicted molar refractivity (Wildman–Crippen MR) is 117 cm³/mol. The van der Waals surface area contributed by atoms with Gasteiger partial charge in [0.05, 0.1) is 18.0 Å². The van der Waals surface area contributed by atoms with Crippen LogP contribution in [-0.4, -0.2) is 43.0 Å². The third-order valence-corrected chi connectivity index (χ3v) is 5.59. The van der Waals surface area contributed by atoms with Crippen molar-refractivity contribution in [3.8, 4) is 22.8 Å². The molecule has 0 saturated carbocycles. The van der Waals surface area contributed by atoms with E-state index >= 15 is 0 Å². The second-order valence-electron chi connectivity index (χ2n) is 5.96. The van der Waals surface area contributed by atoms with Gasteiger partial charge in [0, 0.05) is 29.5 Å². The van der Waals surface area contributed by atoms with Crippen molar-refractivity contribution < 1.29 is 9.53 Å². The Morgan fingerprint density at radius 3 is 2.87 bits per heavy atom. The van der Waals surface area contributed by atoms with E-state index in [0.717, 1.165) is 11.3 Å². The fourth-order valence-corrected chi connectivity index (χ4v) is 4.04. The second-order valence-corrected chi connectivity index (χ2v) is 7.80. The zero-order chi connectivity index (χ0) is 20.8. The molecule has 152 valence electrons. The summed E-state index contributed by atoms with van der Waals surface area (Å²) in [5.74, 6) is 1.34. The number of rotatable bonds is 8. The summed E-state index contributed by atoms with van der Waals surface area (Å²) in [7, 11) is 0. The third-order valence-electron chi connectivity index (χ3n) is 3.97. The quantitative estimate of drug-likeness (QED) is 0.417. The molecule has 0 aliphatic heterocycles. The van der Waals surface area contributed by atoms with Crippen LogP contribution >= 0.6 is 23.1 Å². The van der Waals surface area contributed by atoms with Gasteiger partial charge in [0.25, 0.3) is 0 Å². The first kappa shape index (κ1) is 20.0. The fourth-order valence-electron chi connectivity index (χ4n) is 2.75. The minimum absolute atomic E-state index is 0.162. The molecule has 0 atom stereocenters. The molecule has 0 unspecified atom stereocenters. The maximum absolute atomic E-state index is 12.3. The van der Waals surface area contributed by atoms with Gasteiger partial charge in [-0.05, 0) is 31.2 Å². The number of pyridine rings is 1. The molecule has 8 nitrogen and oxygen atoms in total. The number of thioether (sulfide) groups is 1. The molecular formula is C20H18N6O2S2. The van der Waals surface area contributed by atoms with Crippen molar-refractivity contribution in [2.75, 3.05) is 17.7 Å². The van der Waals surface area contributed by atoms with Crippen molar-refractivity contribution in [3.63, 3.8) is 0 Å². The van der Waals surface area contributed by atoms with Gasteiger partial charge in [-0.1, -0.05) is 23.9 Å². The number of carbonyl (C=O) groups is 1. The number of ether oxygens (including phenoxy) is 1. The first-order valence-electron chi connectivity index (χ1n) is 9.16. The largest absolute Gasteiger partial charge is 0.492 e. The maximum Gasteiger partial charge on any atom is 0.236 e. The molecule has 0 aliphatic rings. The van der Waals surface area contributed by atoms with Crippen LogP contribution in [0.25, 0.3) is 17.1 Å². The molecule has 0 saturated heterocycles. The second kappa shape index (κ2) is 9.51. The van der Waals surface area contributed by atoms with Crippen LogP contribution < -0.4 is 10.1 Å². The lowest BCUT2D eigenvalue weighted by atomic mass is 10.2. The Balaban J connectivity index is 1.67. The molecule has 0 fully saturated rings. The van der Waals surface area contributed by atoms with Gasteiger partial charge < -0.3 is 10.1 Å². The minimum atomic E-state index is -0.162. The normalized spacial score (nSPS) is 10.7. The van der Waals surface area contributed by atoms with Crippen LogP contribution in [0.1, 0.15) is 6.92 Å². The Kier molecular flexibility index (Phi) is 6.35. The van der Waals surface area contributed by atoms with Crippen molar-refractivity contribution in [2.24, 2.45) is 0 Å². The fraction of sp³-hybridized carbons (Fsp3) is 0.150. The highest BCUT2D eigenvalue weighted by molar-refractivity contribution is 7.99. The zero-order valence-corrected chi connectivity index (χ0v) is 17.7. The van der Waals surface area contributed by atoms with E-state index in [-0.39, 0.29) is 11.7 Å². The monoisotopic (exact) mass is 438 g/mol. The van der Waals surface area contributed by atoms with Crippen molar-refractivity contribution in [3.05, 3.63) is 60.4 Å². The van der Waals surface area contributed by atoms with Crippen LogP contribution in [0.5, 0.6) is 5.75 Å². The SMILES string of the molecule is CCOc1ccccc1-n1c(SCC(=O)Nc2nccs2)nnc1-c1cccnc1. The van der Waals surface area contributed by atoms with Crippen LogP contribution in [0, 0.1) is 0 Å². The average molecular weight is 439 g/mol. The highest BCUT2D eigenvalue weighted by Crippen LogP contribution is 2.32. The van der Waals surface area contributed by atoms with E-state index in [2.05, 4.69) is 25.5 Å². The zero-order valence-electron chi connectivity index (χ0n) is 16.1. The summed E-state index contributed by atoms with van der Waals surface area (Å²) in [6.45, 7) is 2.46. The van der Waals surface area contributed by atoms with E-state index in [1.165, 1.54) is 23.1 Å². The predicted octanol–water partition coefficient (Wildman–Crippen LogP) is 3.92. The molecule has 4 aromatic rings. The average Bonchev–Trinajstić information content (AvgIpc) is 3.43. The minimum Gasteiger partial charge on any atom is -0.492 e. The van der Waals surface area contributed by atoms with Crippen LogP contribution in [0.2, 0.25) is 0 Å². The molecule has 0 spiro atoms. The molecule has 4 rings (SSSR count). The lowest BCUT2D eigenvalue weighted by Gasteiger charge is -2.14. The third kappa shape index (κ3) is 4.50. The lowest BCUT2D eigenvalue weighted by molar-refractivity contribution is -0.113. The molecule has 30 heavy (non-hydrogen) atoms. The molecule has 1 aromatic carbocycles. The van der Waals surface area contributed by atoms with E-state index in [0.29, 0.717) is 28.5 Å². The summed E-state index contributed by atoms with van der Waals surface area (Å²) in [5.41, 5.74) is 1.61. The number of hydrogen-bond acceptors (Lipinski definition) is 8. The van der Waals surface area contributed by atoms with Crippen LogP contribution in [0.15, 0.2) is 65.5 Å². The van der Waals surface area contributed by atoms with Crippen LogP contribution in [0.3, 0.4) is 0 Å². The molecule has 0 radical (unpaired) electrons. The van der Waals surface area contributed by atoms with Gasteiger partial charge >= 0.3 is 0 Å². The Bertz CT molecular complexity index is 1120. The summed E-state index contributed by atoms with van der Waals surface area (Å²) in [4.78, 5) is 20.6. The van der Waals surface area contributed by atoms with Crippen molar-refractivity contribution in [1.29, 1.82) is 0 Å². The smallest absolute Gasteiger partial charge is 0.236 e. The van der Waals surface area contributed by atoms with E-state index in [1.54, 1.807) is 18.6 Å².